The van der Waals surface area contributed by atoms with Gasteiger partial charge in [-0.05, 0) is 57.7 Å². The minimum atomic E-state index is 0.221. The molecule has 2 fully saturated rings. The van der Waals surface area contributed by atoms with Crippen LogP contribution in [0.25, 0.3) is 0 Å². The van der Waals surface area contributed by atoms with E-state index < -0.39 is 0 Å². The van der Waals surface area contributed by atoms with Crippen LogP contribution < -0.4 is 5.73 Å². The van der Waals surface area contributed by atoms with Gasteiger partial charge in [0, 0.05) is 21.8 Å². The molecule has 3 heteroatoms. The Morgan fingerprint density at radius 2 is 2.05 bits per heavy atom. The average molecular weight is 278 g/mol. The molecule has 1 aliphatic carbocycles. The first-order valence-electron chi connectivity index (χ1n) is 7.74. The van der Waals surface area contributed by atoms with Crippen LogP contribution >= 0.6 is 11.3 Å². The number of nitrogens with zero attached hydrogens (tertiary/aromatic N) is 1. The number of hydrogen-bond donors (Lipinski definition) is 1. The Bertz CT molecular complexity index is 426. The molecule has 0 bridgehead atoms. The number of fused-ring (bicyclic) bond motifs is 1. The highest BCUT2D eigenvalue weighted by Crippen LogP contribution is 2.42. The van der Waals surface area contributed by atoms with Crippen LogP contribution in [0.2, 0.25) is 0 Å². The van der Waals surface area contributed by atoms with Gasteiger partial charge in [-0.25, -0.2) is 0 Å². The fourth-order valence-corrected chi connectivity index (χ4v) is 5.24. The van der Waals surface area contributed by atoms with Crippen molar-refractivity contribution in [3.8, 4) is 0 Å². The predicted molar refractivity (Wildman–Crippen MR) is 82.5 cm³/mol. The third-order valence-electron chi connectivity index (χ3n) is 4.96. The number of thiophene rings is 1. The van der Waals surface area contributed by atoms with Gasteiger partial charge < -0.3 is 5.73 Å². The zero-order valence-corrected chi connectivity index (χ0v) is 13.0. The van der Waals surface area contributed by atoms with Crippen molar-refractivity contribution in [2.75, 3.05) is 6.54 Å². The summed E-state index contributed by atoms with van der Waals surface area (Å²) in [4.78, 5) is 5.61. The van der Waals surface area contributed by atoms with E-state index in [9.17, 15) is 0 Å². The summed E-state index contributed by atoms with van der Waals surface area (Å²) in [6, 6.07) is 5.99. The lowest BCUT2D eigenvalue weighted by Crippen LogP contribution is -2.43. The highest BCUT2D eigenvalue weighted by atomic mass is 32.1. The van der Waals surface area contributed by atoms with Crippen LogP contribution in [0.4, 0.5) is 0 Å². The molecule has 2 N–H and O–H groups in total. The summed E-state index contributed by atoms with van der Waals surface area (Å²) in [6.07, 6.45) is 7.07. The number of rotatable bonds is 3. The van der Waals surface area contributed by atoms with E-state index in [1.54, 1.807) is 0 Å². The molecule has 1 aromatic rings. The van der Waals surface area contributed by atoms with Crippen molar-refractivity contribution in [1.82, 2.24) is 4.90 Å². The molecule has 3 rings (SSSR count). The molecule has 2 aliphatic rings. The first-order chi connectivity index (χ1) is 9.16. The zero-order valence-electron chi connectivity index (χ0n) is 12.1. The van der Waals surface area contributed by atoms with Crippen LogP contribution in [0.15, 0.2) is 12.1 Å². The van der Waals surface area contributed by atoms with Gasteiger partial charge in [-0.15, -0.1) is 11.3 Å². The average Bonchev–Trinajstić information content (AvgIpc) is 2.98. The Kier molecular flexibility index (Phi) is 3.97. The molecule has 0 spiro atoms. The molecule has 1 aromatic heterocycles. The maximum Gasteiger partial charge on any atom is 0.0593 e. The molecule has 0 aromatic carbocycles. The van der Waals surface area contributed by atoms with E-state index >= 15 is 0 Å². The Labute approximate surface area is 121 Å². The first-order valence-corrected chi connectivity index (χ1v) is 8.56. The number of likely N-dealkylation sites (tertiary alicyclic amines) is 1. The lowest BCUT2D eigenvalue weighted by Gasteiger charge is -2.38. The second kappa shape index (κ2) is 5.55. The third kappa shape index (κ3) is 2.61. The second-order valence-electron chi connectivity index (χ2n) is 6.39. The van der Waals surface area contributed by atoms with Crippen molar-refractivity contribution >= 4 is 11.3 Å². The van der Waals surface area contributed by atoms with Gasteiger partial charge in [-0.2, -0.15) is 0 Å². The first kappa shape index (κ1) is 13.6. The minimum absolute atomic E-state index is 0.221. The molecule has 1 saturated heterocycles. The van der Waals surface area contributed by atoms with Crippen LogP contribution in [0, 0.1) is 12.8 Å². The van der Waals surface area contributed by atoms with E-state index in [0.29, 0.717) is 6.04 Å². The molecule has 2 nitrogen and oxygen atoms in total. The van der Waals surface area contributed by atoms with Crippen molar-refractivity contribution in [2.24, 2.45) is 11.7 Å². The van der Waals surface area contributed by atoms with Crippen LogP contribution in [-0.4, -0.2) is 23.5 Å². The number of aryl methyl sites for hydroxylation is 1. The van der Waals surface area contributed by atoms with E-state index in [1.165, 1.54) is 48.4 Å². The van der Waals surface area contributed by atoms with E-state index in [4.69, 9.17) is 5.73 Å². The van der Waals surface area contributed by atoms with Crippen molar-refractivity contribution < 1.29 is 0 Å². The largest absolute Gasteiger partial charge is 0.326 e. The lowest BCUT2D eigenvalue weighted by molar-refractivity contribution is 0.121. The Morgan fingerprint density at radius 3 is 2.74 bits per heavy atom. The van der Waals surface area contributed by atoms with Gasteiger partial charge in [0.05, 0.1) is 6.04 Å². The topological polar surface area (TPSA) is 29.3 Å². The van der Waals surface area contributed by atoms with Crippen LogP contribution in [0.1, 0.15) is 54.8 Å². The summed E-state index contributed by atoms with van der Waals surface area (Å²) >= 11 is 1.93. The summed E-state index contributed by atoms with van der Waals surface area (Å²) < 4.78 is 0. The lowest BCUT2D eigenvalue weighted by atomic mass is 9.84. The summed E-state index contributed by atoms with van der Waals surface area (Å²) in [7, 11) is 0. The summed E-state index contributed by atoms with van der Waals surface area (Å²) in [5.74, 6) is 0.941. The standard InChI is InChI=1S/C16H26N2S/c1-11-7-8-15(19-11)16(12(2)17)18-10-9-13-5-3-4-6-14(13)18/h7-8,12-14,16H,3-6,9-10,17H2,1-2H3. The summed E-state index contributed by atoms with van der Waals surface area (Å²) in [5, 5.41) is 0. The van der Waals surface area contributed by atoms with E-state index in [2.05, 4.69) is 30.9 Å². The Hall–Kier alpha value is -0.380. The molecule has 1 saturated carbocycles. The molecule has 4 atom stereocenters. The number of nitrogens with two attached hydrogens (primary N) is 1. The highest BCUT2D eigenvalue weighted by Gasteiger charge is 2.40. The minimum Gasteiger partial charge on any atom is -0.326 e. The van der Waals surface area contributed by atoms with Crippen LogP contribution in [0.3, 0.4) is 0 Å². The van der Waals surface area contributed by atoms with Crippen molar-refractivity contribution in [3.63, 3.8) is 0 Å². The maximum atomic E-state index is 6.34. The molecule has 1 aliphatic heterocycles. The molecule has 106 valence electrons. The highest BCUT2D eigenvalue weighted by molar-refractivity contribution is 7.12. The SMILES string of the molecule is Cc1ccc(C(C(C)N)N2CCC3CCCCC32)s1. The number of hydrogen-bond acceptors (Lipinski definition) is 3. The fraction of sp³-hybridized carbons (Fsp3) is 0.750. The fourth-order valence-electron chi connectivity index (χ4n) is 4.12. The van der Waals surface area contributed by atoms with Gasteiger partial charge in [-0.3, -0.25) is 4.90 Å². The van der Waals surface area contributed by atoms with E-state index in [-0.39, 0.29) is 6.04 Å². The smallest absolute Gasteiger partial charge is 0.0593 e. The van der Waals surface area contributed by atoms with Gasteiger partial charge >= 0.3 is 0 Å². The van der Waals surface area contributed by atoms with Gasteiger partial charge in [0.1, 0.15) is 0 Å². The van der Waals surface area contributed by atoms with E-state index in [0.717, 1.165) is 12.0 Å². The monoisotopic (exact) mass is 278 g/mol. The Balaban J connectivity index is 1.84. The van der Waals surface area contributed by atoms with Crippen molar-refractivity contribution in [3.05, 3.63) is 21.9 Å². The van der Waals surface area contributed by atoms with Crippen molar-refractivity contribution in [1.29, 1.82) is 0 Å². The quantitative estimate of drug-likeness (QED) is 0.913. The second-order valence-corrected chi connectivity index (χ2v) is 7.71. The van der Waals surface area contributed by atoms with Crippen LogP contribution in [0.5, 0.6) is 0 Å². The van der Waals surface area contributed by atoms with Gasteiger partial charge in [-0.1, -0.05) is 12.8 Å². The van der Waals surface area contributed by atoms with Crippen LogP contribution in [-0.2, 0) is 0 Å². The van der Waals surface area contributed by atoms with Gasteiger partial charge in [0.2, 0.25) is 0 Å². The van der Waals surface area contributed by atoms with E-state index in [1.807, 2.05) is 11.3 Å². The molecule has 4 unspecified atom stereocenters. The summed E-state index contributed by atoms with van der Waals surface area (Å²) in [6.45, 7) is 5.62. The van der Waals surface area contributed by atoms with Gasteiger partial charge in [0.15, 0.2) is 0 Å². The predicted octanol–water partition coefficient (Wildman–Crippen LogP) is 3.71. The zero-order chi connectivity index (χ0) is 13.4. The normalized spacial score (nSPS) is 31.1. The van der Waals surface area contributed by atoms with Gasteiger partial charge in [0.25, 0.3) is 0 Å². The molecular formula is C16H26N2S. The Morgan fingerprint density at radius 1 is 1.26 bits per heavy atom. The third-order valence-corrected chi connectivity index (χ3v) is 6.03. The maximum absolute atomic E-state index is 6.34. The molecule has 2 heterocycles. The molecule has 0 amide bonds. The summed E-state index contributed by atoms with van der Waals surface area (Å²) in [5.41, 5.74) is 6.34. The molecule has 19 heavy (non-hydrogen) atoms. The molecular weight excluding hydrogens is 252 g/mol. The van der Waals surface area contributed by atoms with Crippen molar-refractivity contribution in [2.45, 2.75) is 64.1 Å². The molecule has 0 radical (unpaired) electrons.